The van der Waals surface area contributed by atoms with Gasteiger partial charge in [-0.2, -0.15) is 0 Å². The van der Waals surface area contributed by atoms with Crippen LogP contribution in [0.2, 0.25) is 0 Å². The second-order valence-corrected chi connectivity index (χ2v) is 7.99. The van der Waals surface area contributed by atoms with Gasteiger partial charge in [-0.25, -0.2) is 4.79 Å². The summed E-state index contributed by atoms with van der Waals surface area (Å²) in [6.07, 6.45) is 0.334. The average Bonchev–Trinajstić information content (AvgIpc) is 3.10. The van der Waals surface area contributed by atoms with Crippen LogP contribution in [0.15, 0.2) is 30.3 Å². The first-order valence-electron chi connectivity index (χ1n) is 9.84. The van der Waals surface area contributed by atoms with Gasteiger partial charge in [-0.3, -0.25) is 14.5 Å². The molecular formula is C22H25N3O4. The zero-order chi connectivity index (χ0) is 20.9. The van der Waals surface area contributed by atoms with Crippen LogP contribution in [0, 0.1) is 13.8 Å². The second kappa shape index (κ2) is 6.76. The molecular weight excluding hydrogens is 370 g/mol. The molecule has 0 saturated carbocycles. The first kappa shape index (κ1) is 19.2. The van der Waals surface area contributed by atoms with Crippen LogP contribution in [0.5, 0.6) is 5.75 Å². The number of nitrogens with zero attached hydrogens (tertiary/aromatic N) is 2. The second-order valence-electron chi connectivity index (χ2n) is 7.99. The number of para-hydroxylation sites is 1. The number of benzene rings is 1. The number of aromatic nitrogens is 1. The van der Waals surface area contributed by atoms with Gasteiger partial charge in [0.05, 0.1) is 13.2 Å². The molecule has 4 rings (SSSR count). The summed E-state index contributed by atoms with van der Waals surface area (Å²) in [4.78, 5) is 40.1. The van der Waals surface area contributed by atoms with E-state index in [2.05, 4.69) is 23.7 Å². The lowest BCUT2D eigenvalue weighted by atomic mass is 9.84. The Morgan fingerprint density at radius 3 is 2.66 bits per heavy atom. The van der Waals surface area contributed by atoms with Gasteiger partial charge in [0.1, 0.15) is 5.75 Å². The number of imide groups is 1. The third-order valence-electron chi connectivity index (χ3n) is 5.86. The number of hydrogen-bond donors (Lipinski definition) is 1. The molecule has 1 spiro atoms. The van der Waals surface area contributed by atoms with Gasteiger partial charge in [0.2, 0.25) is 0 Å². The molecule has 0 bridgehead atoms. The Balaban J connectivity index is 1.64. The summed E-state index contributed by atoms with van der Waals surface area (Å²) >= 11 is 0. The maximum absolute atomic E-state index is 13.3. The van der Waals surface area contributed by atoms with Crippen LogP contribution in [0.1, 0.15) is 53.6 Å². The van der Waals surface area contributed by atoms with Gasteiger partial charge in [-0.05, 0) is 39.8 Å². The smallest absolute Gasteiger partial charge is 0.325 e. The fraction of sp³-hybridized carbons (Fsp3) is 0.409. The standard InChI is InChI=1S/C22H25N3O4/c1-13(2)25-14(3)11-16(15(25)4)18(26)12-24-20(27)22(23-21(24)28)9-10-29-19-8-6-5-7-17(19)22/h5-8,11,13H,9-10,12H2,1-4H3,(H,23,28). The van der Waals surface area contributed by atoms with Crippen molar-refractivity contribution in [3.63, 3.8) is 0 Å². The van der Waals surface area contributed by atoms with Crippen molar-refractivity contribution < 1.29 is 19.1 Å². The molecule has 152 valence electrons. The van der Waals surface area contributed by atoms with Gasteiger partial charge in [0.15, 0.2) is 11.3 Å². The molecule has 2 aliphatic heterocycles. The largest absolute Gasteiger partial charge is 0.493 e. The van der Waals surface area contributed by atoms with E-state index in [4.69, 9.17) is 4.74 Å². The van der Waals surface area contributed by atoms with Gasteiger partial charge in [0, 0.05) is 35.0 Å². The first-order valence-corrected chi connectivity index (χ1v) is 9.84. The fourth-order valence-electron chi connectivity index (χ4n) is 4.60. The monoisotopic (exact) mass is 395 g/mol. The minimum Gasteiger partial charge on any atom is -0.493 e. The van der Waals surface area contributed by atoms with Gasteiger partial charge < -0.3 is 14.6 Å². The van der Waals surface area contributed by atoms with Crippen molar-refractivity contribution in [1.29, 1.82) is 0 Å². The predicted octanol–water partition coefficient (Wildman–Crippen LogP) is 3.10. The van der Waals surface area contributed by atoms with E-state index in [9.17, 15) is 14.4 Å². The van der Waals surface area contributed by atoms with Crippen LogP contribution >= 0.6 is 0 Å². The van der Waals surface area contributed by atoms with Crippen molar-refractivity contribution in [3.8, 4) is 5.75 Å². The number of nitrogens with one attached hydrogen (secondary N) is 1. The average molecular weight is 395 g/mol. The molecule has 1 unspecified atom stereocenters. The summed E-state index contributed by atoms with van der Waals surface area (Å²) in [6, 6.07) is 8.70. The molecule has 3 heterocycles. The SMILES string of the molecule is Cc1cc(C(=O)CN2C(=O)NC3(CCOc4ccccc43)C2=O)c(C)n1C(C)C. The maximum Gasteiger partial charge on any atom is 0.325 e. The first-order chi connectivity index (χ1) is 13.8. The summed E-state index contributed by atoms with van der Waals surface area (Å²) in [7, 11) is 0. The van der Waals surface area contributed by atoms with E-state index in [0.717, 1.165) is 16.3 Å². The van der Waals surface area contributed by atoms with Gasteiger partial charge in [-0.1, -0.05) is 18.2 Å². The number of carbonyl (C=O) groups excluding carboxylic acids is 3. The van der Waals surface area contributed by atoms with E-state index >= 15 is 0 Å². The molecule has 7 nitrogen and oxygen atoms in total. The topological polar surface area (TPSA) is 80.6 Å². The van der Waals surface area contributed by atoms with E-state index in [1.54, 1.807) is 12.1 Å². The van der Waals surface area contributed by atoms with Crippen molar-refractivity contribution in [1.82, 2.24) is 14.8 Å². The third kappa shape index (κ3) is 2.84. The lowest BCUT2D eigenvalue weighted by Gasteiger charge is -2.33. The number of aryl methyl sites for hydroxylation is 1. The van der Waals surface area contributed by atoms with Gasteiger partial charge in [-0.15, -0.1) is 0 Å². The number of carbonyl (C=O) groups is 3. The van der Waals surface area contributed by atoms with Crippen molar-refractivity contribution in [2.45, 2.75) is 45.7 Å². The molecule has 0 radical (unpaired) electrons. The molecule has 1 atom stereocenters. The zero-order valence-corrected chi connectivity index (χ0v) is 17.1. The normalized spacial score (nSPS) is 20.8. The number of Topliss-reactive ketones (excluding diaryl/α,β-unsaturated/α-hetero) is 1. The summed E-state index contributed by atoms with van der Waals surface area (Å²) in [5, 5.41) is 2.83. The Hall–Kier alpha value is -3.09. The highest BCUT2D eigenvalue weighted by Crippen LogP contribution is 2.41. The van der Waals surface area contributed by atoms with Crippen LogP contribution in [-0.4, -0.2) is 40.3 Å². The summed E-state index contributed by atoms with van der Waals surface area (Å²) < 4.78 is 7.72. The Morgan fingerprint density at radius 2 is 1.97 bits per heavy atom. The van der Waals surface area contributed by atoms with Crippen molar-refractivity contribution in [2.75, 3.05) is 13.2 Å². The van der Waals surface area contributed by atoms with E-state index in [1.165, 1.54) is 0 Å². The molecule has 1 fully saturated rings. The summed E-state index contributed by atoms with van der Waals surface area (Å²) in [5.74, 6) is -0.0591. The highest BCUT2D eigenvalue weighted by atomic mass is 16.5. The number of amides is 3. The fourth-order valence-corrected chi connectivity index (χ4v) is 4.60. The Bertz CT molecular complexity index is 1020. The van der Waals surface area contributed by atoms with Crippen molar-refractivity contribution >= 4 is 17.7 Å². The Morgan fingerprint density at radius 1 is 1.24 bits per heavy atom. The highest BCUT2D eigenvalue weighted by Gasteiger charge is 2.55. The van der Waals surface area contributed by atoms with Crippen molar-refractivity contribution in [2.24, 2.45) is 0 Å². The number of fused-ring (bicyclic) bond motifs is 2. The minimum atomic E-state index is -1.17. The van der Waals surface area contributed by atoms with E-state index < -0.39 is 17.5 Å². The molecule has 29 heavy (non-hydrogen) atoms. The molecule has 7 heteroatoms. The van der Waals surface area contributed by atoms with Crippen LogP contribution in [0.4, 0.5) is 4.79 Å². The van der Waals surface area contributed by atoms with Crippen LogP contribution in [0.25, 0.3) is 0 Å². The molecule has 1 aromatic carbocycles. The third-order valence-corrected chi connectivity index (χ3v) is 5.86. The van der Waals surface area contributed by atoms with Gasteiger partial charge in [0.25, 0.3) is 5.91 Å². The van der Waals surface area contributed by atoms with Crippen molar-refractivity contribution in [3.05, 3.63) is 52.8 Å². The molecule has 2 aromatic rings. The Kier molecular flexibility index (Phi) is 4.48. The molecule has 1 saturated heterocycles. The zero-order valence-electron chi connectivity index (χ0n) is 17.1. The molecule has 1 N–H and O–H groups in total. The minimum absolute atomic E-state index is 0.218. The van der Waals surface area contributed by atoms with Crippen LogP contribution < -0.4 is 10.1 Å². The number of ketones is 1. The predicted molar refractivity (Wildman–Crippen MR) is 107 cm³/mol. The molecule has 1 aromatic heterocycles. The highest BCUT2D eigenvalue weighted by molar-refractivity contribution is 6.12. The van der Waals surface area contributed by atoms with E-state index in [0.29, 0.717) is 29.9 Å². The summed E-state index contributed by atoms with van der Waals surface area (Å²) in [6.45, 7) is 7.99. The lowest BCUT2D eigenvalue weighted by molar-refractivity contribution is -0.132. The van der Waals surface area contributed by atoms with Crippen LogP contribution in [-0.2, 0) is 10.3 Å². The Labute approximate surface area is 169 Å². The molecule has 3 amide bonds. The molecule has 2 aliphatic rings. The summed E-state index contributed by atoms with van der Waals surface area (Å²) in [5.41, 5.74) is 1.84. The molecule has 0 aliphatic carbocycles. The number of urea groups is 1. The van der Waals surface area contributed by atoms with Crippen LogP contribution in [0.3, 0.4) is 0 Å². The van der Waals surface area contributed by atoms with E-state index in [-0.39, 0.29) is 18.4 Å². The lowest BCUT2D eigenvalue weighted by Crippen LogP contribution is -2.47. The van der Waals surface area contributed by atoms with Gasteiger partial charge >= 0.3 is 6.03 Å². The maximum atomic E-state index is 13.3. The quantitative estimate of drug-likeness (QED) is 0.637. The number of hydrogen-bond acceptors (Lipinski definition) is 4. The van der Waals surface area contributed by atoms with E-state index in [1.807, 2.05) is 32.0 Å². The number of ether oxygens (including phenoxy) is 1. The number of rotatable bonds is 4.